The average Bonchev–Trinajstić information content (AvgIpc) is 2.40. The summed E-state index contributed by atoms with van der Waals surface area (Å²) in [7, 11) is 0. The Hall–Kier alpha value is -1.39. The van der Waals surface area contributed by atoms with E-state index < -0.39 is 0 Å². The van der Waals surface area contributed by atoms with Gasteiger partial charge in [-0.05, 0) is 24.1 Å². The summed E-state index contributed by atoms with van der Waals surface area (Å²) in [5, 5.41) is 10.6. The average molecular weight is 246 g/mol. The van der Waals surface area contributed by atoms with Gasteiger partial charge >= 0.3 is 0 Å². The largest absolute Gasteiger partial charge is 0.388 e. The fraction of sp³-hybridized carbons (Fsp3) is 0.231. The van der Waals surface area contributed by atoms with Gasteiger partial charge in [0, 0.05) is 17.3 Å². The molecule has 17 heavy (non-hydrogen) atoms. The van der Waals surface area contributed by atoms with Crippen molar-refractivity contribution >= 4 is 11.8 Å². The van der Waals surface area contributed by atoms with Gasteiger partial charge in [0.1, 0.15) is 5.03 Å². The zero-order valence-electron chi connectivity index (χ0n) is 9.58. The van der Waals surface area contributed by atoms with Crippen LogP contribution >= 0.6 is 11.8 Å². The summed E-state index contributed by atoms with van der Waals surface area (Å²) in [5.74, 6) is 0. The Balaban J connectivity index is 2.08. The predicted octanol–water partition coefficient (Wildman–Crippen LogP) is 3.07. The van der Waals surface area contributed by atoms with Gasteiger partial charge in [-0.15, -0.1) is 0 Å². The third-order valence-corrected chi connectivity index (χ3v) is 3.34. The topological polar surface area (TPSA) is 46.0 Å². The minimum Gasteiger partial charge on any atom is -0.388 e. The highest BCUT2D eigenvalue weighted by Crippen LogP contribution is 2.26. The summed E-state index contributed by atoms with van der Waals surface area (Å²) >= 11 is 1.56. The summed E-state index contributed by atoms with van der Waals surface area (Å²) in [6, 6.07) is 7.89. The van der Waals surface area contributed by atoms with Crippen LogP contribution in [0.2, 0.25) is 0 Å². The highest BCUT2D eigenvalue weighted by atomic mass is 32.2. The lowest BCUT2D eigenvalue weighted by Gasteiger charge is -2.08. The molecule has 1 aromatic carbocycles. The maximum absolute atomic E-state index is 9.68. The number of aliphatic hydroxyl groups excluding tert-OH is 1. The molecular weight excluding hydrogens is 232 g/mol. The molecule has 0 aliphatic heterocycles. The van der Waals surface area contributed by atoms with E-state index in [0.29, 0.717) is 0 Å². The van der Waals surface area contributed by atoms with Crippen molar-refractivity contribution < 1.29 is 5.11 Å². The number of rotatable bonds is 4. The van der Waals surface area contributed by atoms with Crippen LogP contribution in [-0.4, -0.2) is 15.1 Å². The highest BCUT2D eigenvalue weighted by molar-refractivity contribution is 7.99. The maximum Gasteiger partial charge on any atom is 0.119 e. The second-order valence-electron chi connectivity index (χ2n) is 3.64. The van der Waals surface area contributed by atoms with Crippen molar-refractivity contribution in [3.8, 4) is 0 Å². The van der Waals surface area contributed by atoms with Crippen LogP contribution in [0.4, 0.5) is 0 Å². The molecule has 0 aliphatic carbocycles. The smallest absolute Gasteiger partial charge is 0.119 e. The lowest BCUT2D eigenvalue weighted by atomic mass is 10.1. The lowest BCUT2D eigenvalue weighted by molar-refractivity contribution is 0.173. The molecule has 0 bridgehead atoms. The van der Waals surface area contributed by atoms with Crippen LogP contribution < -0.4 is 0 Å². The van der Waals surface area contributed by atoms with Crippen molar-refractivity contribution in [2.24, 2.45) is 0 Å². The molecule has 2 rings (SSSR count). The molecule has 1 aromatic heterocycles. The second-order valence-corrected chi connectivity index (χ2v) is 4.73. The van der Waals surface area contributed by atoms with Crippen LogP contribution in [-0.2, 0) is 0 Å². The number of benzene rings is 1. The van der Waals surface area contributed by atoms with Gasteiger partial charge in [-0.2, -0.15) is 0 Å². The van der Waals surface area contributed by atoms with Crippen LogP contribution in [0.1, 0.15) is 25.0 Å². The summed E-state index contributed by atoms with van der Waals surface area (Å²) in [6.45, 7) is 1.97. The summed E-state index contributed by atoms with van der Waals surface area (Å²) < 4.78 is 0. The van der Waals surface area contributed by atoms with Crippen LogP contribution in [0.3, 0.4) is 0 Å². The zero-order chi connectivity index (χ0) is 12.1. The van der Waals surface area contributed by atoms with Gasteiger partial charge in [-0.1, -0.05) is 30.8 Å². The normalized spacial score (nSPS) is 12.4. The highest BCUT2D eigenvalue weighted by Gasteiger charge is 2.04. The van der Waals surface area contributed by atoms with Crippen molar-refractivity contribution in [3.05, 3.63) is 48.4 Å². The van der Waals surface area contributed by atoms with E-state index >= 15 is 0 Å². The van der Waals surface area contributed by atoms with E-state index in [4.69, 9.17) is 0 Å². The van der Waals surface area contributed by atoms with E-state index in [9.17, 15) is 5.11 Å². The lowest BCUT2D eigenvalue weighted by Crippen LogP contribution is -1.94. The first kappa shape index (κ1) is 12.1. The van der Waals surface area contributed by atoms with Crippen molar-refractivity contribution in [2.45, 2.75) is 29.4 Å². The molecular formula is C13H14N2OS. The second kappa shape index (κ2) is 5.80. The Morgan fingerprint density at radius 3 is 2.59 bits per heavy atom. The standard InChI is InChI=1S/C13H14N2OS/c1-2-12(16)10-3-5-11(6-4-10)17-13-9-14-7-8-15-13/h3-9,12,16H,2H2,1H3. The minimum atomic E-state index is -0.370. The first-order chi connectivity index (χ1) is 8.29. The molecule has 0 radical (unpaired) electrons. The van der Waals surface area contributed by atoms with E-state index in [0.717, 1.165) is 21.9 Å². The molecule has 1 atom stereocenters. The fourth-order valence-corrected chi connectivity index (χ4v) is 2.19. The number of hydrogen-bond acceptors (Lipinski definition) is 4. The van der Waals surface area contributed by atoms with Gasteiger partial charge in [-0.25, -0.2) is 4.98 Å². The zero-order valence-corrected chi connectivity index (χ0v) is 10.4. The molecule has 0 saturated heterocycles. The SMILES string of the molecule is CCC(O)c1ccc(Sc2cnccn2)cc1. The first-order valence-corrected chi connectivity index (χ1v) is 6.33. The molecule has 2 aromatic rings. The quantitative estimate of drug-likeness (QED) is 0.900. The summed E-state index contributed by atoms with van der Waals surface area (Å²) in [6.07, 6.45) is 5.43. The monoisotopic (exact) mass is 246 g/mol. The molecule has 0 amide bonds. The molecule has 0 spiro atoms. The van der Waals surface area contributed by atoms with E-state index in [-0.39, 0.29) is 6.10 Å². The molecule has 1 N–H and O–H groups in total. The third-order valence-electron chi connectivity index (χ3n) is 2.41. The predicted molar refractivity (Wildman–Crippen MR) is 67.8 cm³/mol. The van der Waals surface area contributed by atoms with Crippen molar-refractivity contribution in [1.29, 1.82) is 0 Å². The van der Waals surface area contributed by atoms with Crippen LogP contribution in [0.15, 0.2) is 52.8 Å². The Morgan fingerprint density at radius 2 is 2.00 bits per heavy atom. The van der Waals surface area contributed by atoms with Crippen LogP contribution in [0.5, 0.6) is 0 Å². The molecule has 3 nitrogen and oxygen atoms in total. The van der Waals surface area contributed by atoms with Crippen LogP contribution in [0, 0.1) is 0 Å². The molecule has 0 aliphatic rings. The molecule has 88 valence electrons. The van der Waals surface area contributed by atoms with Crippen LogP contribution in [0.25, 0.3) is 0 Å². The Bertz CT molecular complexity index is 459. The van der Waals surface area contributed by atoms with Gasteiger partial charge in [0.25, 0.3) is 0 Å². The van der Waals surface area contributed by atoms with Crippen molar-refractivity contribution in [2.75, 3.05) is 0 Å². The third kappa shape index (κ3) is 3.28. The molecule has 1 heterocycles. The van der Waals surface area contributed by atoms with Gasteiger partial charge in [0.15, 0.2) is 0 Å². The number of aromatic nitrogens is 2. The van der Waals surface area contributed by atoms with Gasteiger partial charge in [-0.3, -0.25) is 4.98 Å². The molecule has 0 saturated carbocycles. The van der Waals surface area contributed by atoms with E-state index in [1.54, 1.807) is 30.4 Å². The van der Waals surface area contributed by atoms with Gasteiger partial charge in [0.05, 0.1) is 12.3 Å². The number of nitrogens with zero attached hydrogens (tertiary/aromatic N) is 2. The number of hydrogen-bond donors (Lipinski definition) is 1. The van der Waals surface area contributed by atoms with Crippen molar-refractivity contribution in [3.63, 3.8) is 0 Å². The molecule has 0 fully saturated rings. The molecule has 4 heteroatoms. The Kier molecular flexibility index (Phi) is 4.12. The summed E-state index contributed by atoms with van der Waals surface area (Å²) in [5.41, 5.74) is 0.955. The van der Waals surface area contributed by atoms with E-state index in [1.807, 2.05) is 31.2 Å². The van der Waals surface area contributed by atoms with E-state index in [1.165, 1.54) is 0 Å². The Labute approximate surface area is 105 Å². The fourth-order valence-electron chi connectivity index (χ4n) is 1.45. The maximum atomic E-state index is 9.68. The summed E-state index contributed by atoms with van der Waals surface area (Å²) in [4.78, 5) is 9.31. The minimum absolute atomic E-state index is 0.370. The van der Waals surface area contributed by atoms with Gasteiger partial charge < -0.3 is 5.11 Å². The Morgan fingerprint density at radius 1 is 1.24 bits per heavy atom. The van der Waals surface area contributed by atoms with Gasteiger partial charge in [0.2, 0.25) is 0 Å². The number of aliphatic hydroxyl groups is 1. The van der Waals surface area contributed by atoms with E-state index in [2.05, 4.69) is 9.97 Å². The molecule has 1 unspecified atom stereocenters. The first-order valence-electron chi connectivity index (χ1n) is 5.51. The van der Waals surface area contributed by atoms with Crippen molar-refractivity contribution in [1.82, 2.24) is 9.97 Å².